The summed E-state index contributed by atoms with van der Waals surface area (Å²) in [6.45, 7) is 2.83. The number of rotatable bonds is 5. The Morgan fingerprint density at radius 2 is 1.68 bits per heavy atom. The first-order chi connectivity index (χ1) is 15.0. The number of piperidine rings is 2. The SMILES string of the molecule is NC(=O)c1nnc(N2CCCCC2)nc1Nc1ccc(C2CCN(C(=O)O)CC2)cc1. The number of carbonyl (C=O) groups is 2. The summed E-state index contributed by atoms with van der Waals surface area (Å²) in [4.78, 5) is 31.0. The molecule has 0 saturated carbocycles. The highest BCUT2D eigenvalue weighted by Crippen LogP contribution is 2.29. The first-order valence-corrected chi connectivity index (χ1v) is 10.7. The minimum atomic E-state index is -0.856. The second-order valence-electron chi connectivity index (χ2n) is 8.01. The van der Waals surface area contributed by atoms with Crippen LogP contribution in [0.2, 0.25) is 0 Å². The number of nitrogens with zero attached hydrogens (tertiary/aromatic N) is 5. The molecule has 164 valence electrons. The number of carbonyl (C=O) groups excluding carboxylic acids is 1. The summed E-state index contributed by atoms with van der Waals surface area (Å²) in [5, 5.41) is 20.4. The summed E-state index contributed by atoms with van der Waals surface area (Å²) in [7, 11) is 0. The normalized spacial score (nSPS) is 17.4. The molecule has 2 fully saturated rings. The van der Waals surface area contributed by atoms with Gasteiger partial charge in [-0.15, -0.1) is 10.2 Å². The molecule has 4 rings (SSSR count). The van der Waals surface area contributed by atoms with Crippen LogP contribution in [0.25, 0.3) is 0 Å². The number of primary amides is 1. The Morgan fingerprint density at radius 1 is 1.00 bits per heavy atom. The minimum Gasteiger partial charge on any atom is -0.465 e. The molecule has 2 amide bonds. The lowest BCUT2D eigenvalue weighted by molar-refractivity contribution is 0.0995. The van der Waals surface area contributed by atoms with Crippen molar-refractivity contribution < 1.29 is 14.7 Å². The summed E-state index contributed by atoms with van der Waals surface area (Å²) in [6, 6.07) is 7.89. The van der Waals surface area contributed by atoms with Gasteiger partial charge in [0.15, 0.2) is 11.5 Å². The van der Waals surface area contributed by atoms with Crippen LogP contribution in [0.3, 0.4) is 0 Å². The van der Waals surface area contributed by atoms with Crippen molar-refractivity contribution in [2.45, 2.75) is 38.0 Å². The number of hydrogen-bond donors (Lipinski definition) is 3. The van der Waals surface area contributed by atoms with Gasteiger partial charge < -0.3 is 26.0 Å². The van der Waals surface area contributed by atoms with Gasteiger partial charge >= 0.3 is 6.09 Å². The zero-order valence-electron chi connectivity index (χ0n) is 17.3. The third kappa shape index (κ3) is 4.84. The van der Waals surface area contributed by atoms with Crippen molar-refractivity contribution in [2.75, 3.05) is 36.4 Å². The Labute approximate surface area is 180 Å². The van der Waals surface area contributed by atoms with Crippen molar-refractivity contribution in [1.29, 1.82) is 0 Å². The minimum absolute atomic E-state index is 0.00544. The van der Waals surface area contributed by atoms with E-state index in [0.717, 1.165) is 44.5 Å². The summed E-state index contributed by atoms with van der Waals surface area (Å²) in [5.74, 6) is 0.436. The molecule has 1 aromatic heterocycles. The van der Waals surface area contributed by atoms with E-state index in [-0.39, 0.29) is 5.69 Å². The standard InChI is InChI=1S/C21H27N7O3/c22-18(29)17-19(24-20(26-25-17)27-10-2-1-3-11-27)23-16-6-4-14(5-7-16)15-8-12-28(13-9-15)21(30)31/h4-7,15H,1-3,8-13H2,(H2,22,29)(H,30,31)(H,23,24,26). The largest absolute Gasteiger partial charge is 0.465 e. The van der Waals surface area contributed by atoms with Crippen molar-refractivity contribution >= 4 is 29.5 Å². The van der Waals surface area contributed by atoms with E-state index in [1.165, 1.54) is 16.9 Å². The van der Waals surface area contributed by atoms with E-state index in [1.807, 2.05) is 24.3 Å². The van der Waals surface area contributed by atoms with Crippen LogP contribution in [0.15, 0.2) is 24.3 Å². The molecule has 0 unspecified atom stereocenters. The zero-order chi connectivity index (χ0) is 21.8. The van der Waals surface area contributed by atoms with Gasteiger partial charge in [-0.1, -0.05) is 12.1 Å². The molecule has 3 heterocycles. The topological polar surface area (TPSA) is 138 Å². The number of aromatic nitrogens is 3. The Morgan fingerprint density at radius 3 is 2.29 bits per heavy atom. The van der Waals surface area contributed by atoms with Crippen LogP contribution < -0.4 is 16.0 Å². The number of anilines is 3. The van der Waals surface area contributed by atoms with Gasteiger partial charge in [0.05, 0.1) is 0 Å². The average Bonchev–Trinajstić information content (AvgIpc) is 2.80. The molecule has 10 nitrogen and oxygen atoms in total. The molecule has 4 N–H and O–H groups in total. The predicted molar refractivity (Wildman–Crippen MR) is 116 cm³/mol. The highest BCUT2D eigenvalue weighted by molar-refractivity contribution is 5.96. The lowest BCUT2D eigenvalue weighted by atomic mass is 9.89. The van der Waals surface area contributed by atoms with Crippen LogP contribution in [0.1, 0.15) is 54.1 Å². The molecular formula is C21H27N7O3. The number of benzene rings is 1. The number of carboxylic acid groups (broad SMARTS) is 1. The van der Waals surface area contributed by atoms with E-state index in [9.17, 15) is 9.59 Å². The van der Waals surface area contributed by atoms with Crippen molar-refractivity contribution in [1.82, 2.24) is 20.1 Å². The number of nitrogens with one attached hydrogen (secondary N) is 1. The molecule has 2 aromatic rings. The smallest absolute Gasteiger partial charge is 0.407 e. The van der Waals surface area contributed by atoms with Gasteiger partial charge in [-0.2, -0.15) is 4.98 Å². The molecule has 10 heteroatoms. The van der Waals surface area contributed by atoms with E-state index in [0.29, 0.717) is 30.8 Å². The van der Waals surface area contributed by atoms with Crippen LogP contribution in [-0.4, -0.2) is 63.4 Å². The van der Waals surface area contributed by atoms with Gasteiger partial charge in [0.2, 0.25) is 5.95 Å². The molecule has 0 spiro atoms. The first kappa shape index (κ1) is 20.8. The molecule has 0 bridgehead atoms. The van der Waals surface area contributed by atoms with E-state index in [4.69, 9.17) is 10.8 Å². The molecule has 31 heavy (non-hydrogen) atoms. The summed E-state index contributed by atoms with van der Waals surface area (Å²) >= 11 is 0. The van der Waals surface area contributed by atoms with Gasteiger partial charge in [0, 0.05) is 31.9 Å². The van der Waals surface area contributed by atoms with Crippen molar-refractivity contribution in [2.24, 2.45) is 5.73 Å². The fraction of sp³-hybridized carbons (Fsp3) is 0.476. The van der Waals surface area contributed by atoms with Gasteiger partial charge in [-0.3, -0.25) is 4.79 Å². The maximum absolute atomic E-state index is 11.8. The van der Waals surface area contributed by atoms with Crippen LogP contribution in [-0.2, 0) is 0 Å². The number of hydrogen-bond acceptors (Lipinski definition) is 7. The van der Waals surface area contributed by atoms with E-state index in [2.05, 4.69) is 25.4 Å². The highest BCUT2D eigenvalue weighted by atomic mass is 16.4. The predicted octanol–water partition coefficient (Wildman–Crippen LogP) is 2.56. The number of likely N-dealkylation sites (tertiary alicyclic amines) is 1. The highest BCUT2D eigenvalue weighted by Gasteiger charge is 2.23. The first-order valence-electron chi connectivity index (χ1n) is 10.7. The zero-order valence-corrected chi connectivity index (χ0v) is 17.3. The Balaban J connectivity index is 1.48. The van der Waals surface area contributed by atoms with Crippen LogP contribution in [0.4, 0.5) is 22.2 Å². The second kappa shape index (κ2) is 9.15. The fourth-order valence-corrected chi connectivity index (χ4v) is 4.18. The van der Waals surface area contributed by atoms with E-state index in [1.54, 1.807) is 0 Å². The number of amides is 2. The Hall–Kier alpha value is -3.43. The van der Waals surface area contributed by atoms with Crippen molar-refractivity contribution in [3.63, 3.8) is 0 Å². The molecule has 0 aliphatic carbocycles. The molecule has 2 aliphatic heterocycles. The van der Waals surface area contributed by atoms with Crippen LogP contribution >= 0.6 is 0 Å². The summed E-state index contributed by atoms with van der Waals surface area (Å²) in [5.41, 5.74) is 7.41. The summed E-state index contributed by atoms with van der Waals surface area (Å²) < 4.78 is 0. The molecule has 2 saturated heterocycles. The van der Waals surface area contributed by atoms with Crippen molar-refractivity contribution in [3.8, 4) is 0 Å². The van der Waals surface area contributed by atoms with Crippen LogP contribution in [0, 0.1) is 0 Å². The second-order valence-corrected chi connectivity index (χ2v) is 8.01. The van der Waals surface area contributed by atoms with Gasteiger partial charge in [-0.25, -0.2) is 4.79 Å². The van der Waals surface area contributed by atoms with Gasteiger partial charge in [0.1, 0.15) is 0 Å². The Bertz CT molecular complexity index is 936. The van der Waals surface area contributed by atoms with E-state index >= 15 is 0 Å². The molecular weight excluding hydrogens is 398 g/mol. The summed E-state index contributed by atoms with van der Waals surface area (Å²) in [6.07, 6.45) is 4.11. The third-order valence-corrected chi connectivity index (χ3v) is 5.96. The average molecular weight is 425 g/mol. The lowest BCUT2D eigenvalue weighted by Gasteiger charge is -2.30. The molecule has 2 aliphatic rings. The van der Waals surface area contributed by atoms with Gasteiger partial charge in [0.25, 0.3) is 5.91 Å². The lowest BCUT2D eigenvalue weighted by Crippen LogP contribution is -2.36. The Kier molecular flexibility index (Phi) is 6.15. The monoisotopic (exact) mass is 425 g/mol. The van der Waals surface area contributed by atoms with E-state index < -0.39 is 12.0 Å². The number of nitrogens with two attached hydrogens (primary N) is 1. The maximum atomic E-state index is 11.8. The van der Waals surface area contributed by atoms with Crippen LogP contribution in [0.5, 0.6) is 0 Å². The maximum Gasteiger partial charge on any atom is 0.407 e. The molecule has 0 radical (unpaired) electrons. The molecule has 1 aromatic carbocycles. The third-order valence-electron chi connectivity index (χ3n) is 5.96. The van der Waals surface area contributed by atoms with Gasteiger partial charge in [-0.05, 0) is 55.7 Å². The van der Waals surface area contributed by atoms with Crippen molar-refractivity contribution in [3.05, 3.63) is 35.5 Å². The molecule has 0 atom stereocenters. The quantitative estimate of drug-likeness (QED) is 0.664. The fourth-order valence-electron chi connectivity index (χ4n) is 4.18.